The smallest absolute Gasteiger partial charge is 0.0610 e. The second kappa shape index (κ2) is 10.6. The summed E-state index contributed by atoms with van der Waals surface area (Å²) < 4.78 is 0. The van der Waals surface area contributed by atoms with E-state index in [0.29, 0.717) is 6.04 Å². The summed E-state index contributed by atoms with van der Waals surface area (Å²) in [5.74, 6) is 0. The van der Waals surface area contributed by atoms with E-state index in [9.17, 15) is 5.11 Å². The van der Waals surface area contributed by atoms with Crippen molar-refractivity contribution >= 4 is 0 Å². The topological polar surface area (TPSA) is 38.7 Å². The molecule has 0 saturated carbocycles. The molecule has 0 aliphatic rings. The SMILES string of the molecule is CCN(CCCN(C)C)CCCC(C)(CO)NC(C)C. The van der Waals surface area contributed by atoms with Crippen LogP contribution in [0, 0.1) is 0 Å². The normalized spacial score (nSPS) is 15.3. The van der Waals surface area contributed by atoms with Crippen LogP contribution in [0.2, 0.25) is 0 Å². The number of aliphatic hydroxyl groups is 1. The van der Waals surface area contributed by atoms with E-state index in [0.717, 1.165) is 32.5 Å². The highest BCUT2D eigenvalue weighted by molar-refractivity contribution is 4.84. The van der Waals surface area contributed by atoms with Crippen LogP contribution in [0.3, 0.4) is 0 Å². The summed E-state index contributed by atoms with van der Waals surface area (Å²) >= 11 is 0. The van der Waals surface area contributed by atoms with E-state index in [-0.39, 0.29) is 12.1 Å². The van der Waals surface area contributed by atoms with Crippen LogP contribution < -0.4 is 5.32 Å². The molecule has 0 radical (unpaired) electrons. The molecule has 0 saturated heterocycles. The van der Waals surface area contributed by atoms with Crippen molar-refractivity contribution in [3.8, 4) is 0 Å². The van der Waals surface area contributed by atoms with Crippen molar-refractivity contribution in [3.05, 3.63) is 0 Å². The lowest BCUT2D eigenvalue weighted by Crippen LogP contribution is -2.49. The number of rotatable bonds is 12. The van der Waals surface area contributed by atoms with E-state index >= 15 is 0 Å². The van der Waals surface area contributed by atoms with Crippen molar-refractivity contribution in [3.63, 3.8) is 0 Å². The molecule has 20 heavy (non-hydrogen) atoms. The molecule has 4 nitrogen and oxygen atoms in total. The number of aliphatic hydroxyl groups excluding tert-OH is 1. The van der Waals surface area contributed by atoms with E-state index in [2.05, 4.69) is 56.9 Å². The molecular formula is C16H37N3O. The van der Waals surface area contributed by atoms with Gasteiger partial charge in [0.2, 0.25) is 0 Å². The Balaban J connectivity index is 3.98. The van der Waals surface area contributed by atoms with E-state index in [1.54, 1.807) is 0 Å². The second-order valence-corrected chi connectivity index (χ2v) is 6.71. The van der Waals surface area contributed by atoms with Crippen LogP contribution in [0.1, 0.15) is 47.0 Å². The fourth-order valence-electron chi connectivity index (χ4n) is 2.63. The van der Waals surface area contributed by atoms with Gasteiger partial charge in [0, 0.05) is 11.6 Å². The first-order valence-corrected chi connectivity index (χ1v) is 8.08. The van der Waals surface area contributed by atoms with Gasteiger partial charge in [-0.15, -0.1) is 0 Å². The van der Waals surface area contributed by atoms with Gasteiger partial charge in [-0.1, -0.05) is 20.8 Å². The van der Waals surface area contributed by atoms with Gasteiger partial charge in [0.25, 0.3) is 0 Å². The lowest BCUT2D eigenvalue weighted by molar-refractivity contribution is 0.148. The Kier molecular flexibility index (Phi) is 10.5. The van der Waals surface area contributed by atoms with Crippen LogP contribution in [0.5, 0.6) is 0 Å². The minimum absolute atomic E-state index is 0.142. The quantitative estimate of drug-likeness (QED) is 0.574. The lowest BCUT2D eigenvalue weighted by Gasteiger charge is -2.32. The molecule has 1 unspecified atom stereocenters. The third kappa shape index (κ3) is 9.70. The molecule has 0 rings (SSSR count). The van der Waals surface area contributed by atoms with Gasteiger partial charge in [-0.25, -0.2) is 0 Å². The van der Waals surface area contributed by atoms with Gasteiger partial charge in [0.1, 0.15) is 0 Å². The first-order chi connectivity index (χ1) is 9.33. The van der Waals surface area contributed by atoms with Gasteiger partial charge >= 0.3 is 0 Å². The van der Waals surface area contributed by atoms with Crippen molar-refractivity contribution in [2.24, 2.45) is 0 Å². The molecule has 0 amide bonds. The summed E-state index contributed by atoms with van der Waals surface area (Å²) in [5.41, 5.74) is -0.142. The monoisotopic (exact) mass is 287 g/mol. The summed E-state index contributed by atoms with van der Waals surface area (Å²) in [5, 5.41) is 13.1. The van der Waals surface area contributed by atoms with E-state index in [4.69, 9.17) is 0 Å². The minimum atomic E-state index is -0.142. The molecule has 0 aliphatic carbocycles. The Hall–Kier alpha value is -0.160. The van der Waals surface area contributed by atoms with Crippen LogP contribution >= 0.6 is 0 Å². The Morgan fingerprint density at radius 3 is 2.15 bits per heavy atom. The van der Waals surface area contributed by atoms with Gasteiger partial charge in [-0.05, 0) is 66.5 Å². The molecule has 0 bridgehead atoms. The summed E-state index contributed by atoms with van der Waals surface area (Å²) in [6, 6.07) is 0.412. The molecule has 0 aromatic carbocycles. The highest BCUT2D eigenvalue weighted by Crippen LogP contribution is 2.13. The Labute approximate surface area is 126 Å². The third-order valence-electron chi connectivity index (χ3n) is 3.72. The van der Waals surface area contributed by atoms with Crippen molar-refractivity contribution in [2.75, 3.05) is 46.9 Å². The van der Waals surface area contributed by atoms with E-state index in [1.807, 2.05) is 0 Å². The van der Waals surface area contributed by atoms with Crippen molar-refractivity contribution < 1.29 is 5.11 Å². The Bertz CT molecular complexity index is 234. The summed E-state index contributed by atoms with van der Waals surface area (Å²) in [7, 11) is 4.25. The fraction of sp³-hybridized carbons (Fsp3) is 1.00. The predicted molar refractivity (Wildman–Crippen MR) is 88.3 cm³/mol. The highest BCUT2D eigenvalue weighted by atomic mass is 16.3. The number of nitrogens with one attached hydrogen (secondary N) is 1. The standard InChI is InChI=1S/C16H37N3O/c1-7-19(13-9-11-18(5)6)12-8-10-16(4,14-20)17-15(2)3/h15,17,20H,7-14H2,1-6H3. The molecule has 2 N–H and O–H groups in total. The fourth-order valence-corrected chi connectivity index (χ4v) is 2.63. The Morgan fingerprint density at radius 1 is 1.10 bits per heavy atom. The molecule has 0 aliphatic heterocycles. The molecule has 0 heterocycles. The van der Waals surface area contributed by atoms with Crippen LogP contribution in [-0.2, 0) is 0 Å². The first kappa shape index (κ1) is 19.8. The largest absolute Gasteiger partial charge is 0.394 e. The maximum absolute atomic E-state index is 9.58. The highest BCUT2D eigenvalue weighted by Gasteiger charge is 2.23. The summed E-state index contributed by atoms with van der Waals surface area (Å²) in [4.78, 5) is 4.75. The second-order valence-electron chi connectivity index (χ2n) is 6.71. The first-order valence-electron chi connectivity index (χ1n) is 8.08. The maximum Gasteiger partial charge on any atom is 0.0610 e. The zero-order valence-corrected chi connectivity index (χ0v) is 14.6. The van der Waals surface area contributed by atoms with Gasteiger partial charge < -0.3 is 20.2 Å². The van der Waals surface area contributed by atoms with Crippen LogP contribution in [0.25, 0.3) is 0 Å². The van der Waals surface area contributed by atoms with Crippen LogP contribution in [0.4, 0.5) is 0 Å². The predicted octanol–water partition coefficient (Wildman–Crippen LogP) is 1.79. The zero-order valence-electron chi connectivity index (χ0n) is 14.6. The zero-order chi connectivity index (χ0) is 15.6. The molecule has 1 atom stereocenters. The van der Waals surface area contributed by atoms with Crippen molar-refractivity contribution in [2.45, 2.75) is 58.5 Å². The van der Waals surface area contributed by atoms with Crippen LogP contribution in [0.15, 0.2) is 0 Å². The average Bonchev–Trinajstić information content (AvgIpc) is 2.35. The minimum Gasteiger partial charge on any atom is -0.394 e. The van der Waals surface area contributed by atoms with Crippen LogP contribution in [-0.4, -0.2) is 73.4 Å². The maximum atomic E-state index is 9.58. The van der Waals surface area contributed by atoms with Gasteiger partial charge in [-0.3, -0.25) is 0 Å². The van der Waals surface area contributed by atoms with E-state index in [1.165, 1.54) is 13.0 Å². The summed E-state index contributed by atoms with van der Waals surface area (Å²) in [6.07, 6.45) is 3.38. The van der Waals surface area contributed by atoms with E-state index < -0.39 is 0 Å². The van der Waals surface area contributed by atoms with Crippen molar-refractivity contribution in [1.29, 1.82) is 0 Å². The molecule has 0 spiro atoms. The molecule has 0 aromatic rings. The van der Waals surface area contributed by atoms with Gasteiger partial charge in [0.15, 0.2) is 0 Å². The third-order valence-corrected chi connectivity index (χ3v) is 3.72. The molecular weight excluding hydrogens is 250 g/mol. The Morgan fingerprint density at radius 2 is 1.70 bits per heavy atom. The average molecular weight is 287 g/mol. The van der Waals surface area contributed by atoms with Gasteiger partial charge in [-0.2, -0.15) is 0 Å². The number of hydrogen-bond acceptors (Lipinski definition) is 4. The van der Waals surface area contributed by atoms with Gasteiger partial charge in [0.05, 0.1) is 6.61 Å². The number of nitrogens with zero attached hydrogens (tertiary/aromatic N) is 2. The molecule has 0 aromatic heterocycles. The molecule has 4 heteroatoms. The van der Waals surface area contributed by atoms with Crippen molar-refractivity contribution in [1.82, 2.24) is 15.1 Å². The number of hydrogen-bond donors (Lipinski definition) is 2. The summed E-state index contributed by atoms with van der Waals surface area (Å²) in [6.45, 7) is 13.4. The molecule has 122 valence electrons. The lowest BCUT2D eigenvalue weighted by atomic mass is 9.95. The molecule has 0 fully saturated rings.